The second kappa shape index (κ2) is 6.19. The Kier molecular flexibility index (Phi) is 4.54. The van der Waals surface area contributed by atoms with Crippen LogP contribution in [0, 0.1) is 15.9 Å². The molecule has 0 heterocycles. The van der Waals surface area contributed by atoms with Gasteiger partial charge in [0.05, 0.1) is 15.5 Å². The summed E-state index contributed by atoms with van der Waals surface area (Å²) in [6.45, 7) is 0. The summed E-state index contributed by atoms with van der Waals surface area (Å²) >= 11 is 9.12. The molecule has 0 bridgehead atoms. The Morgan fingerprint density at radius 3 is 2.62 bits per heavy atom. The first-order chi connectivity index (χ1) is 9.88. The molecular formula is C13H7BrClFN2O3. The number of rotatable bonds is 3. The van der Waals surface area contributed by atoms with Crippen LogP contribution in [0.15, 0.2) is 40.9 Å². The molecule has 0 unspecified atom stereocenters. The number of carbonyl (C=O) groups excluding carboxylic acids is 1. The van der Waals surface area contributed by atoms with Gasteiger partial charge in [-0.3, -0.25) is 14.9 Å². The first-order valence-electron chi connectivity index (χ1n) is 5.59. The monoisotopic (exact) mass is 372 g/mol. The first-order valence-corrected chi connectivity index (χ1v) is 6.76. The number of anilines is 1. The van der Waals surface area contributed by atoms with Gasteiger partial charge in [0, 0.05) is 22.3 Å². The minimum Gasteiger partial charge on any atom is -0.322 e. The Morgan fingerprint density at radius 2 is 2.00 bits per heavy atom. The molecule has 1 N–H and O–H groups in total. The second-order valence-corrected chi connectivity index (χ2v) is 5.32. The molecule has 0 aliphatic carbocycles. The average molecular weight is 374 g/mol. The minimum absolute atomic E-state index is 0.0964. The molecular weight excluding hydrogens is 367 g/mol. The number of amides is 1. The van der Waals surface area contributed by atoms with Gasteiger partial charge >= 0.3 is 5.69 Å². The van der Waals surface area contributed by atoms with E-state index in [4.69, 9.17) is 11.6 Å². The van der Waals surface area contributed by atoms with Gasteiger partial charge in [-0.05, 0) is 24.3 Å². The van der Waals surface area contributed by atoms with Crippen molar-refractivity contribution in [2.24, 2.45) is 0 Å². The molecule has 0 aliphatic heterocycles. The molecule has 1 amide bonds. The summed E-state index contributed by atoms with van der Waals surface area (Å²) in [5.74, 6) is -1.58. The van der Waals surface area contributed by atoms with Crippen LogP contribution in [0.2, 0.25) is 5.02 Å². The van der Waals surface area contributed by atoms with Gasteiger partial charge in [-0.15, -0.1) is 0 Å². The van der Waals surface area contributed by atoms with Crippen LogP contribution in [0.5, 0.6) is 0 Å². The molecule has 2 aromatic rings. The fourth-order valence-electron chi connectivity index (χ4n) is 1.60. The molecule has 0 radical (unpaired) electrons. The van der Waals surface area contributed by atoms with Crippen LogP contribution >= 0.6 is 27.5 Å². The van der Waals surface area contributed by atoms with Crippen LogP contribution in [-0.2, 0) is 0 Å². The van der Waals surface area contributed by atoms with Crippen LogP contribution in [0.3, 0.4) is 0 Å². The number of nitro groups is 1. The number of benzene rings is 2. The predicted octanol–water partition coefficient (Wildman–Crippen LogP) is 4.40. The number of nitrogens with one attached hydrogen (secondary N) is 1. The fourth-order valence-corrected chi connectivity index (χ4v) is 2.17. The van der Waals surface area contributed by atoms with Gasteiger partial charge in [0.2, 0.25) is 5.82 Å². The van der Waals surface area contributed by atoms with Gasteiger partial charge in [0.15, 0.2) is 0 Å². The van der Waals surface area contributed by atoms with Gasteiger partial charge in [0.25, 0.3) is 5.91 Å². The van der Waals surface area contributed by atoms with Gasteiger partial charge in [0.1, 0.15) is 0 Å². The first kappa shape index (κ1) is 15.4. The number of nitro benzene ring substituents is 1. The standard InChI is InChI=1S/C13H7BrClFN2O3/c14-7-1-3-10(15)9(5-7)13(19)17-8-2-4-12(18(20)21)11(16)6-8/h1-6H,(H,17,19). The normalized spacial score (nSPS) is 10.2. The SMILES string of the molecule is O=C(Nc1ccc([N+](=O)[O-])c(F)c1)c1cc(Br)ccc1Cl. The molecule has 0 aromatic heterocycles. The lowest BCUT2D eigenvalue weighted by Crippen LogP contribution is -2.12. The summed E-state index contributed by atoms with van der Waals surface area (Å²) in [6, 6.07) is 7.82. The Balaban J connectivity index is 2.26. The zero-order valence-electron chi connectivity index (χ0n) is 10.3. The van der Waals surface area contributed by atoms with E-state index < -0.39 is 22.3 Å². The van der Waals surface area contributed by atoms with Crippen molar-refractivity contribution in [1.82, 2.24) is 0 Å². The lowest BCUT2D eigenvalue weighted by atomic mass is 10.2. The molecule has 2 aromatic carbocycles. The van der Waals surface area contributed by atoms with E-state index in [1.165, 1.54) is 18.2 Å². The topological polar surface area (TPSA) is 72.2 Å². The molecule has 0 saturated carbocycles. The maximum Gasteiger partial charge on any atom is 0.304 e. The Morgan fingerprint density at radius 1 is 1.29 bits per heavy atom. The summed E-state index contributed by atoms with van der Waals surface area (Å²) in [6.07, 6.45) is 0. The molecule has 0 spiro atoms. The third-order valence-corrected chi connectivity index (χ3v) is 3.40. The van der Waals surface area contributed by atoms with Crippen molar-refractivity contribution in [3.8, 4) is 0 Å². The third-order valence-electron chi connectivity index (χ3n) is 2.58. The summed E-state index contributed by atoms with van der Waals surface area (Å²) in [7, 11) is 0. The van der Waals surface area contributed by atoms with Gasteiger partial charge < -0.3 is 5.32 Å². The lowest BCUT2D eigenvalue weighted by Gasteiger charge is -2.07. The van der Waals surface area contributed by atoms with E-state index in [9.17, 15) is 19.3 Å². The Bertz CT molecular complexity index is 739. The van der Waals surface area contributed by atoms with Crippen LogP contribution in [0.25, 0.3) is 0 Å². The Hall–Kier alpha value is -1.99. The van der Waals surface area contributed by atoms with E-state index in [2.05, 4.69) is 21.2 Å². The van der Waals surface area contributed by atoms with E-state index in [0.717, 1.165) is 12.1 Å². The largest absolute Gasteiger partial charge is 0.322 e. The third kappa shape index (κ3) is 3.56. The van der Waals surface area contributed by atoms with Gasteiger partial charge in [-0.25, -0.2) is 0 Å². The summed E-state index contributed by atoms with van der Waals surface area (Å²) in [5.41, 5.74) is -0.363. The van der Waals surface area contributed by atoms with E-state index >= 15 is 0 Å². The average Bonchev–Trinajstić information content (AvgIpc) is 2.41. The van der Waals surface area contributed by atoms with E-state index in [-0.39, 0.29) is 16.3 Å². The molecule has 0 fully saturated rings. The maximum absolute atomic E-state index is 13.5. The predicted molar refractivity (Wildman–Crippen MR) is 80.2 cm³/mol. The summed E-state index contributed by atoms with van der Waals surface area (Å²) in [4.78, 5) is 21.7. The van der Waals surface area contributed by atoms with E-state index in [1.54, 1.807) is 6.07 Å². The van der Waals surface area contributed by atoms with Crippen molar-refractivity contribution in [2.75, 3.05) is 5.32 Å². The second-order valence-electron chi connectivity index (χ2n) is 4.00. The van der Waals surface area contributed by atoms with E-state index in [1.807, 2.05) is 0 Å². The van der Waals surface area contributed by atoms with Crippen LogP contribution in [0.4, 0.5) is 15.8 Å². The molecule has 8 heteroatoms. The van der Waals surface area contributed by atoms with Crippen molar-refractivity contribution < 1.29 is 14.1 Å². The molecule has 0 saturated heterocycles. The van der Waals surface area contributed by atoms with Crippen molar-refractivity contribution in [1.29, 1.82) is 0 Å². The highest BCUT2D eigenvalue weighted by Gasteiger charge is 2.16. The van der Waals surface area contributed by atoms with Crippen molar-refractivity contribution in [2.45, 2.75) is 0 Å². The minimum atomic E-state index is -1.03. The van der Waals surface area contributed by atoms with Gasteiger partial charge in [-0.2, -0.15) is 4.39 Å². The van der Waals surface area contributed by atoms with Gasteiger partial charge in [-0.1, -0.05) is 27.5 Å². The fraction of sp³-hybridized carbons (Fsp3) is 0. The lowest BCUT2D eigenvalue weighted by molar-refractivity contribution is -0.387. The Labute approximate surface area is 132 Å². The molecule has 5 nitrogen and oxygen atoms in total. The van der Waals surface area contributed by atoms with Crippen LogP contribution in [0.1, 0.15) is 10.4 Å². The smallest absolute Gasteiger partial charge is 0.304 e. The molecule has 2 rings (SSSR count). The highest BCUT2D eigenvalue weighted by atomic mass is 79.9. The zero-order valence-corrected chi connectivity index (χ0v) is 12.6. The van der Waals surface area contributed by atoms with Crippen molar-refractivity contribution in [3.05, 3.63) is 67.4 Å². The number of hydrogen-bond acceptors (Lipinski definition) is 3. The number of nitrogens with zero attached hydrogens (tertiary/aromatic N) is 1. The molecule has 108 valence electrons. The zero-order chi connectivity index (χ0) is 15.6. The quantitative estimate of drug-likeness (QED) is 0.640. The summed E-state index contributed by atoms with van der Waals surface area (Å²) in [5, 5.41) is 13.2. The number of carbonyl (C=O) groups is 1. The van der Waals surface area contributed by atoms with Crippen LogP contribution in [-0.4, -0.2) is 10.8 Å². The molecule has 0 aliphatic rings. The van der Waals surface area contributed by atoms with Crippen LogP contribution < -0.4 is 5.32 Å². The molecule has 21 heavy (non-hydrogen) atoms. The maximum atomic E-state index is 13.5. The van der Waals surface area contributed by atoms with Crippen molar-refractivity contribution >= 4 is 44.8 Å². The van der Waals surface area contributed by atoms with E-state index in [0.29, 0.717) is 4.47 Å². The highest BCUT2D eigenvalue weighted by molar-refractivity contribution is 9.10. The highest BCUT2D eigenvalue weighted by Crippen LogP contribution is 2.24. The van der Waals surface area contributed by atoms with Crippen molar-refractivity contribution in [3.63, 3.8) is 0 Å². The summed E-state index contributed by atoms with van der Waals surface area (Å²) < 4.78 is 14.1. The number of hydrogen-bond donors (Lipinski definition) is 1. The number of halogens is 3. The molecule has 0 atom stereocenters.